The number of carbonyl (C=O) groups is 1. The number of halogens is 1. The minimum absolute atomic E-state index is 0. The number of amides is 1. The van der Waals surface area contributed by atoms with Crippen molar-refractivity contribution in [1.82, 2.24) is 15.6 Å². The molecule has 19 heavy (non-hydrogen) atoms. The van der Waals surface area contributed by atoms with E-state index in [1.165, 1.54) is 6.07 Å². The summed E-state index contributed by atoms with van der Waals surface area (Å²) in [6.07, 6.45) is 2.02. The molecule has 1 aliphatic heterocycles. The number of aromatic nitrogens is 1. The predicted molar refractivity (Wildman–Crippen MR) is 71.6 cm³/mol. The largest absolute Gasteiger partial charge is 0.348 e. The molecule has 7 nitrogen and oxygen atoms in total. The standard InChI is InChI=1S/C11H14N4O3.ClH/c1-7-10(4-9(6-13-7)15(17)18)11(16)14-8-2-3-12-5-8;/h4,6,8,12H,2-3,5H2,1H3,(H,14,16);1H. The molecular weight excluding hydrogens is 272 g/mol. The van der Waals surface area contributed by atoms with E-state index in [4.69, 9.17) is 0 Å². The van der Waals surface area contributed by atoms with Gasteiger partial charge >= 0.3 is 0 Å². The normalized spacial score (nSPS) is 17.6. The van der Waals surface area contributed by atoms with E-state index in [0.29, 0.717) is 5.69 Å². The maximum Gasteiger partial charge on any atom is 0.288 e. The zero-order chi connectivity index (χ0) is 13.1. The third-order valence-electron chi connectivity index (χ3n) is 2.92. The lowest BCUT2D eigenvalue weighted by molar-refractivity contribution is -0.385. The highest BCUT2D eigenvalue weighted by atomic mass is 35.5. The average molecular weight is 287 g/mol. The van der Waals surface area contributed by atoms with Gasteiger partial charge in [-0.15, -0.1) is 12.4 Å². The van der Waals surface area contributed by atoms with Gasteiger partial charge in [0.25, 0.3) is 11.6 Å². The molecule has 1 amide bonds. The van der Waals surface area contributed by atoms with Gasteiger partial charge < -0.3 is 10.6 Å². The van der Waals surface area contributed by atoms with Crippen LogP contribution >= 0.6 is 12.4 Å². The lowest BCUT2D eigenvalue weighted by Gasteiger charge is -2.12. The summed E-state index contributed by atoms with van der Waals surface area (Å²) in [6, 6.07) is 1.34. The first-order valence-corrected chi connectivity index (χ1v) is 5.70. The van der Waals surface area contributed by atoms with Crippen molar-refractivity contribution >= 4 is 24.0 Å². The van der Waals surface area contributed by atoms with Crippen molar-refractivity contribution in [2.24, 2.45) is 0 Å². The van der Waals surface area contributed by atoms with Crippen LogP contribution in [-0.4, -0.2) is 34.9 Å². The third-order valence-corrected chi connectivity index (χ3v) is 2.92. The van der Waals surface area contributed by atoms with Crippen LogP contribution in [0.5, 0.6) is 0 Å². The number of pyridine rings is 1. The Morgan fingerprint density at radius 1 is 1.63 bits per heavy atom. The average Bonchev–Trinajstić information content (AvgIpc) is 2.81. The summed E-state index contributed by atoms with van der Waals surface area (Å²) >= 11 is 0. The van der Waals surface area contributed by atoms with E-state index in [0.717, 1.165) is 25.7 Å². The van der Waals surface area contributed by atoms with Crippen molar-refractivity contribution in [2.45, 2.75) is 19.4 Å². The number of nitro groups is 1. The quantitative estimate of drug-likeness (QED) is 0.633. The molecule has 104 valence electrons. The number of carbonyl (C=O) groups excluding carboxylic acids is 1. The number of nitrogens with one attached hydrogen (secondary N) is 2. The van der Waals surface area contributed by atoms with Crippen LogP contribution in [-0.2, 0) is 0 Å². The van der Waals surface area contributed by atoms with E-state index >= 15 is 0 Å². The molecule has 2 rings (SSSR count). The Kier molecular flexibility index (Phi) is 5.20. The first-order chi connectivity index (χ1) is 8.58. The first kappa shape index (κ1) is 15.3. The molecule has 1 aromatic heterocycles. The maximum atomic E-state index is 12.0. The second kappa shape index (κ2) is 6.44. The molecular formula is C11H15ClN4O3. The van der Waals surface area contributed by atoms with Crippen LogP contribution < -0.4 is 10.6 Å². The molecule has 0 radical (unpaired) electrons. The van der Waals surface area contributed by atoms with Crippen LogP contribution in [0.25, 0.3) is 0 Å². The summed E-state index contributed by atoms with van der Waals surface area (Å²) in [5.74, 6) is -0.308. The van der Waals surface area contributed by atoms with E-state index in [1.807, 2.05) is 0 Å². The molecule has 2 N–H and O–H groups in total. The fraction of sp³-hybridized carbons (Fsp3) is 0.455. The molecule has 0 saturated carbocycles. The SMILES string of the molecule is Cc1ncc([N+](=O)[O-])cc1C(=O)NC1CCNC1.Cl. The van der Waals surface area contributed by atoms with Gasteiger partial charge in [0.15, 0.2) is 0 Å². The monoisotopic (exact) mass is 286 g/mol. The molecule has 1 aromatic rings. The summed E-state index contributed by atoms with van der Waals surface area (Å²) in [5, 5.41) is 16.6. The van der Waals surface area contributed by atoms with Crippen LogP contribution in [0.15, 0.2) is 12.3 Å². The Labute approximate surface area is 116 Å². The van der Waals surface area contributed by atoms with Crippen LogP contribution in [0.4, 0.5) is 5.69 Å². The molecule has 1 saturated heterocycles. The molecule has 1 unspecified atom stereocenters. The Morgan fingerprint density at radius 2 is 2.37 bits per heavy atom. The van der Waals surface area contributed by atoms with Gasteiger partial charge in [0.2, 0.25) is 0 Å². The number of rotatable bonds is 3. The summed E-state index contributed by atoms with van der Waals surface area (Å²) in [6.45, 7) is 3.26. The van der Waals surface area contributed by atoms with Gasteiger partial charge in [-0.05, 0) is 19.9 Å². The van der Waals surface area contributed by atoms with Gasteiger partial charge in [0, 0.05) is 18.7 Å². The molecule has 0 bridgehead atoms. The van der Waals surface area contributed by atoms with E-state index in [-0.39, 0.29) is 35.6 Å². The van der Waals surface area contributed by atoms with Crippen molar-refractivity contribution in [3.05, 3.63) is 33.6 Å². The van der Waals surface area contributed by atoms with Crippen LogP contribution in [0.1, 0.15) is 22.5 Å². The van der Waals surface area contributed by atoms with Crippen LogP contribution in [0.2, 0.25) is 0 Å². The van der Waals surface area contributed by atoms with Crippen LogP contribution in [0.3, 0.4) is 0 Å². The zero-order valence-corrected chi connectivity index (χ0v) is 11.2. The Balaban J connectivity index is 0.00000180. The van der Waals surface area contributed by atoms with Crippen molar-refractivity contribution in [1.29, 1.82) is 0 Å². The lowest BCUT2D eigenvalue weighted by Crippen LogP contribution is -2.36. The highest BCUT2D eigenvalue weighted by Gasteiger charge is 2.20. The molecule has 1 aliphatic rings. The fourth-order valence-corrected chi connectivity index (χ4v) is 1.89. The van der Waals surface area contributed by atoms with Crippen molar-refractivity contribution in [3.63, 3.8) is 0 Å². The van der Waals surface area contributed by atoms with Gasteiger partial charge in [0.1, 0.15) is 6.20 Å². The molecule has 0 aliphatic carbocycles. The number of hydrogen-bond donors (Lipinski definition) is 2. The van der Waals surface area contributed by atoms with Gasteiger partial charge in [-0.1, -0.05) is 0 Å². The predicted octanol–water partition coefficient (Wildman–Crippen LogP) is 0.812. The Bertz CT molecular complexity index is 489. The molecule has 2 heterocycles. The minimum Gasteiger partial charge on any atom is -0.348 e. The molecule has 8 heteroatoms. The minimum atomic E-state index is -0.555. The van der Waals surface area contributed by atoms with E-state index < -0.39 is 4.92 Å². The number of aryl methyl sites for hydroxylation is 1. The summed E-state index contributed by atoms with van der Waals surface area (Å²) in [5.41, 5.74) is 0.579. The summed E-state index contributed by atoms with van der Waals surface area (Å²) < 4.78 is 0. The third kappa shape index (κ3) is 3.62. The first-order valence-electron chi connectivity index (χ1n) is 5.70. The molecule has 1 fully saturated rings. The zero-order valence-electron chi connectivity index (χ0n) is 10.4. The summed E-state index contributed by atoms with van der Waals surface area (Å²) in [4.78, 5) is 26.0. The summed E-state index contributed by atoms with van der Waals surface area (Å²) in [7, 11) is 0. The Morgan fingerprint density at radius 3 is 2.95 bits per heavy atom. The lowest BCUT2D eigenvalue weighted by atomic mass is 10.1. The van der Waals surface area contributed by atoms with E-state index in [9.17, 15) is 14.9 Å². The van der Waals surface area contributed by atoms with Crippen LogP contribution in [0, 0.1) is 17.0 Å². The van der Waals surface area contributed by atoms with Crippen molar-refractivity contribution in [3.8, 4) is 0 Å². The highest BCUT2D eigenvalue weighted by Crippen LogP contribution is 2.15. The van der Waals surface area contributed by atoms with Gasteiger partial charge in [-0.25, -0.2) is 0 Å². The highest BCUT2D eigenvalue weighted by molar-refractivity contribution is 5.96. The maximum absolute atomic E-state index is 12.0. The van der Waals surface area contributed by atoms with Gasteiger partial charge in [0.05, 0.1) is 16.2 Å². The van der Waals surface area contributed by atoms with Crippen molar-refractivity contribution < 1.29 is 9.72 Å². The smallest absolute Gasteiger partial charge is 0.288 e. The Hall–Kier alpha value is -1.73. The second-order valence-electron chi connectivity index (χ2n) is 4.25. The molecule has 0 spiro atoms. The van der Waals surface area contributed by atoms with Gasteiger partial charge in [-0.3, -0.25) is 19.9 Å². The van der Waals surface area contributed by atoms with E-state index in [2.05, 4.69) is 15.6 Å². The van der Waals surface area contributed by atoms with Gasteiger partial charge in [-0.2, -0.15) is 0 Å². The van der Waals surface area contributed by atoms with E-state index in [1.54, 1.807) is 6.92 Å². The molecule has 1 atom stereocenters. The fourth-order valence-electron chi connectivity index (χ4n) is 1.89. The van der Waals surface area contributed by atoms with Crippen molar-refractivity contribution in [2.75, 3.05) is 13.1 Å². The molecule has 0 aromatic carbocycles. The topological polar surface area (TPSA) is 97.2 Å². The number of hydrogen-bond acceptors (Lipinski definition) is 5. The second-order valence-corrected chi connectivity index (χ2v) is 4.25. The number of nitrogens with zero attached hydrogens (tertiary/aromatic N) is 2.